The zero-order valence-electron chi connectivity index (χ0n) is 8.11. The Balaban J connectivity index is 2.24. The molecule has 6 heteroatoms. The molecular weight excluding hydrogens is 274 g/mol. The average Bonchev–Trinajstić information content (AvgIpc) is 2.74. The van der Waals surface area contributed by atoms with Crippen LogP contribution in [0, 0.1) is 0 Å². The largest absolute Gasteiger partial charge is 0.398 e. The Labute approximate surface area is 99.7 Å². The first-order valence-electron chi connectivity index (χ1n) is 4.42. The maximum absolute atomic E-state index is 11.8. The molecule has 0 saturated carbocycles. The van der Waals surface area contributed by atoms with Crippen LogP contribution in [0.4, 0.5) is 11.4 Å². The summed E-state index contributed by atoms with van der Waals surface area (Å²) >= 11 is 3.28. The lowest BCUT2D eigenvalue weighted by atomic mass is 10.1. The van der Waals surface area contributed by atoms with E-state index in [4.69, 9.17) is 5.73 Å². The van der Waals surface area contributed by atoms with Gasteiger partial charge in [-0.1, -0.05) is 21.1 Å². The lowest BCUT2D eigenvalue weighted by Gasteiger charge is -2.05. The second-order valence-corrected chi connectivity index (χ2v) is 4.01. The normalized spacial score (nSPS) is 10.1. The fourth-order valence-electron chi connectivity index (χ4n) is 1.19. The van der Waals surface area contributed by atoms with E-state index in [-0.39, 0.29) is 5.91 Å². The lowest BCUT2D eigenvalue weighted by molar-refractivity contribution is 0.102. The van der Waals surface area contributed by atoms with Crippen LogP contribution in [0.3, 0.4) is 0 Å². The Morgan fingerprint density at radius 1 is 1.50 bits per heavy atom. The maximum Gasteiger partial charge on any atom is 0.257 e. The van der Waals surface area contributed by atoms with Crippen molar-refractivity contribution in [1.29, 1.82) is 0 Å². The van der Waals surface area contributed by atoms with Crippen molar-refractivity contribution in [2.75, 3.05) is 11.1 Å². The third-order valence-electron chi connectivity index (χ3n) is 1.95. The summed E-state index contributed by atoms with van der Waals surface area (Å²) in [5.74, 6) is -0.304. The van der Waals surface area contributed by atoms with Crippen LogP contribution in [-0.4, -0.2) is 11.1 Å². The molecule has 0 radical (unpaired) electrons. The fourth-order valence-corrected chi connectivity index (χ4v) is 1.55. The van der Waals surface area contributed by atoms with E-state index < -0.39 is 0 Å². The minimum Gasteiger partial charge on any atom is -0.398 e. The Morgan fingerprint density at radius 2 is 2.31 bits per heavy atom. The Kier molecular flexibility index (Phi) is 2.91. The van der Waals surface area contributed by atoms with Crippen molar-refractivity contribution in [3.05, 3.63) is 40.7 Å². The Bertz CT molecular complexity index is 511. The van der Waals surface area contributed by atoms with E-state index in [1.807, 2.05) is 0 Å². The number of halogens is 1. The summed E-state index contributed by atoms with van der Waals surface area (Å²) in [5, 5.41) is 6.09. The van der Waals surface area contributed by atoms with Crippen LogP contribution in [0.25, 0.3) is 0 Å². The van der Waals surface area contributed by atoms with Gasteiger partial charge >= 0.3 is 0 Å². The molecule has 82 valence electrons. The number of nitrogen functional groups attached to an aromatic ring is 1. The minimum atomic E-state index is -0.304. The molecule has 0 saturated heterocycles. The molecule has 0 bridgehead atoms. The second kappa shape index (κ2) is 4.36. The number of nitrogens with one attached hydrogen (secondary N) is 1. The number of hydrogen-bond acceptors (Lipinski definition) is 4. The predicted molar refractivity (Wildman–Crippen MR) is 63.0 cm³/mol. The van der Waals surface area contributed by atoms with Crippen molar-refractivity contribution in [3.63, 3.8) is 0 Å². The first kappa shape index (κ1) is 10.7. The molecule has 1 heterocycles. The second-order valence-electron chi connectivity index (χ2n) is 3.10. The molecule has 3 N–H and O–H groups in total. The van der Waals surface area contributed by atoms with Crippen molar-refractivity contribution in [3.8, 4) is 0 Å². The van der Waals surface area contributed by atoms with Gasteiger partial charge in [0.2, 0.25) is 0 Å². The number of rotatable bonds is 2. The molecule has 0 aliphatic rings. The van der Waals surface area contributed by atoms with Crippen molar-refractivity contribution >= 4 is 33.2 Å². The third-order valence-corrected chi connectivity index (χ3v) is 2.44. The summed E-state index contributed by atoms with van der Waals surface area (Å²) in [7, 11) is 0. The van der Waals surface area contributed by atoms with E-state index in [2.05, 4.69) is 30.9 Å². The van der Waals surface area contributed by atoms with Crippen LogP contribution in [-0.2, 0) is 0 Å². The average molecular weight is 282 g/mol. The van der Waals surface area contributed by atoms with Crippen LogP contribution >= 0.6 is 15.9 Å². The van der Waals surface area contributed by atoms with Crippen LogP contribution in [0.2, 0.25) is 0 Å². The van der Waals surface area contributed by atoms with Gasteiger partial charge in [0.05, 0.1) is 11.8 Å². The van der Waals surface area contributed by atoms with Crippen LogP contribution < -0.4 is 11.1 Å². The quantitative estimate of drug-likeness (QED) is 0.828. The van der Waals surface area contributed by atoms with Gasteiger partial charge in [-0.3, -0.25) is 4.79 Å². The van der Waals surface area contributed by atoms with E-state index in [1.54, 1.807) is 18.2 Å². The first-order valence-corrected chi connectivity index (χ1v) is 5.22. The SMILES string of the molecule is Nc1ccc(Br)cc1C(=O)Nc1cnoc1. The molecule has 2 aromatic rings. The highest BCUT2D eigenvalue weighted by atomic mass is 79.9. The predicted octanol–water partition coefficient (Wildman–Crippen LogP) is 2.27. The zero-order chi connectivity index (χ0) is 11.5. The molecule has 0 fully saturated rings. The molecular formula is C10H8BrN3O2. The van der Waals surface area contributed by atoms with Crippen molar-refractivity contribution in [1.82, 2.24) is 5.16 Å². The molecule has 5 nitrogen and oxygen atoms in total. The molecule has 0 aliphatic carbocycles. The number of nitrogens with zero attached hydrogens (tertiary/aromatic N) is 1. The Morgan fingerprint density at radius 3 is 3.00 bits per heavy atom. The molecule has 0 unspecified atom stereocenters. The van der Waals surface area contributed by atoms with Crippen molar-refractivity contribution in [2.24, 2.45) is 0 Å². The van der Waals surface area contributed by atoms with Gasteiger partial charge in [-0.15, -0.1) is 0 Å². The number of carbonyl (C=O) groups is 1. The molecule has 1 amide bonds. The molecule has 16 heavy (non-hydrogen) atoms. The van der Waals surface area contributed by atoms with Gasteiger partial charge in [0, 0.05) is 10.2 Å². The number of hydrogen-bond donors (Lipinski definition) is 2. The van der Waals surface area contributed by atoms with Gasteiger partial charge in [-0.25, -0.2) is 0 Å². The number of aromatic nitrogens is 1. The maximum atomic E-state index is 11.8. The number of nitrogens with two attached hydrogens (primary N) is 1. The standard InChI is InChI=1S/C10H8BrN3O2/c11-6-1-2-9(12)8(3-6)10(15)14-7-4-13-16-5-7/h1-5H,12H2,(H,14,15). The summed E-state index contributed by atoms with van der Waals surface area (Å²) in [4.78, 5) is 11.8. The van der Waals surface area contributed by atoms with E-state index in [1.165, 1.54) is 12.5 Å². The highest BCUT2D eigenvalue weighted by Crippen LogP contribution is 2.19. The number of anilines is 2. The number of amides is 1. The summed E-state index contributed by atoms with van der Waals surface area (Å²) in [6.07, 6.45) is 2.75. The molecule has 1 aromatic heterocycles. The molecule has 0 atom stereocenters. The first-order chi connectivity index (χ1) is 7.66. The Hall–Kier alpha value is -1.82. The van der Waals surface area contributed by atoms with Crippen LogP contribution in [0.15, 0.2) is 39.7 Å². The number of benzene rings is 1. The highest BCUT2D eigenvalue weighted by molar-refractivity contribution is 9.10. The molecule has 0 spiro atoms. The van der Waals surface area contributed by atoms with Gasteiger partial charge < -0.3 is 15.6 Å². The fraction of sp³-hybridized carbons (Fsp3) is 0. The highest BCUT2D eigenvalue weighted by Gasteiger charge is 2.11. The van der Waals surface area contributed by atoms with E-state index >= 15 is 0 Å². The summed E-state index contributed by atoms with van der Waals surface area (Å²) in [6.45, 7) is 0. The smallest absolute Gasteiger partial charge is 0.257 e. The topological polar surface area (TPSA) is 81.2 Å². The van der Waals surface area contributed by atoms with Gasteiger partial charge in [0.1, 0.15) is 12.0 Å². The summed E-state index contributed by atoms with van der Waals surface area (Å²) < 4.78 is 5.39. The monoisotopic (exact) mass is 281 g/mol. The minimum absolute atomic E-state index is 0.304. The molecule has 1 aromatic carbocycles. The summed E-state index contributed by atoms with van der Waals surface area (Å²) in [6, 6.07) is 5.08. The van der Waals surface area contributed by atoms with Crippen LogP contribution in [0.1, 0.15) is 10.4 Å². The van der Waals surface area contributed by atoms with Crippen molar-refractivity contribution < 1.29 is 9.32 Å². The van der Waals surface area contributed by atoms with Gasteiger partial charge in [0.25, 0.3) is 5.91 Å². The number of carbonyl (C=O) groups excluding carboxylic acids is 1. The molecule has 0 aliphatic heterocycles. The van der Waals surface area contributed by atoms with E-state index in [9.17, 15) is 4.79 Å². The van der Waals surface area contributed by atoms with Gasteiger partial charge in [-0.05, 0) is 18.2 Å². The van der Waals surface area contributed by atoms with Crippen LogP contribution in [0.5, 0.6) is 0 Å². The lowest BCUT2D eigenvalue weighted by Crippen LogP contribution is -2.13. The third kappa shape index (κ3) is 2.22. The molecule has 2 rings (SSSR count). The zero-order valence-corrected chi connectivity index (χ0v) is 9.69. The summed E-state index contributed by atoms with van der Waals surface area (Å²) in [5.41, 5.74) is 7.00. The van der Waals surface area contributed by atoms with Gasteiger partial charge in [0.15, 0.2) is 0 Å². The van der Waals surface area contributed by atoms with Crippen molar-refractivity contribution in [2.45, 2.75) is 0 Å². The van der Waals surface area contributed by atoms with Gasteiger partial charge in [-0.2, -0.15) is 0 Å². The van der Waals surface area contributed by atoms with E-state index in [0.29, 0.717) is 16.9 Å². The van der Waals surface area contributed by atoms with E-state index in [0.717, 1.165) is 4.47 Å².